The molecular formula is C14H12N4O3. The van der Waals surface area contributed by atoms with E-state index in [1.165, 1.54) is 0 Å². The van der Waals surface area contributed by atoms with Crippen molar-refractivity contribution in [2.45, 2.75) is 6.54 Å². The van der Waals surface area contributed by atoms with Gasteiger partial charge in [-0.3, -0.25) is 9.48 Å². The quantitative estimate of drug-likeness (QED) is 0.771. The van der Waals surface area contributed by atoms with Gasteiger partial charge in [0, 0.05) is 24.2 Å². The van der Waals surface area contributed by atoms with Gasteiger partial charge in [0.2, 0.25) is 0 Å². The van der Waals surface area contributed by atoms with Crippen LogP contribution in [0.15, 0.2) is 41.5 Å². The summed E-state index contributed by atoms with van der Waals surface area (Å²) in [4.78, 5) is 23.7. The number of rotatable bonds is 3. The summed E-state index contributed by atoms with van der Waals surface area (Å²) in [7, 11) is 1.77. The molecule has 0 radical (unpaired) electrons. The fourth-order valence-electron chi connectivity index (χ4n) is 2.23. The second-order valence-corrected chi connectivity index (χ2v) is 4.68. The molecule has 1 aromatic carbocycles. The SMILES string of the molecule is Cn1cc(Cn2nc(C(=O)O)c3ccccc3c2=O)cn1. The van der Waals surface area contributed by atoms with Crippen LogP contribution in [-0.2, 0) is 13.6 Å². The van der Waals surface area contributed by atoms with Crippen LogP contribution in [0.4, 0.5) is 0 Å². The number of carboxylic acids is 1. The topological polar surface area (TPSA) is 90.0 Å². The van der Waals surface area contributed by atoms with Crippen LogP contribution in [0.5, 0.6) is 0 Å². The first kappa shape index (κ1) is 13.0. The Labute approximate surface area is 119 Å². The van der Waals surface area contributed by atoms with Crippen molar-refractivity contribution < 1.29 is 9.90 Å². The molecule has 1 N–H and O–H groups in total. The molecule has 0 fully saturated rings. The number of aromatic carboxylic acids is 1. The Morgan fingerprint density at radius 3 is 2.62 bits per heavy atom. The number of aromatic nitrogens is 4. The van der Waals surface area contributed by atoms with E-state index in [0.717, 1.165) is 10.2 Å². The van der Waals surface area contributed by atoms with Crippen molar-refractivity contribution in [2.24, 2.45) is 7.05 Å². The zero-order chi connectivity index (χ0) is 15.0. The molecule has 0 aliphatic rings. The highest BCUT2D eigenvalue weighted by molar-refractivity contribution is 6.01. The number of hydrogen-bond donors (Lipinski definition) is 1. The van der Waals surface area contributed by atoms with Gasteiger partial charge in [-0.2, -0.15) is 10.2 Å². The maximum absolute atomic E-state index is 12.4. The molecule has 7 nitrogen and oxygen atoms in total. The summed E-state index contributed by atoms with van der Waals surface area (Å²) in [5.41, 5.74) is 0.326. The van der Waals surface area contributed by atoms with Crippen LogP contribution in [0, 0.1) is 0 Å². The molecule has 2 aromatic heterocycles. The standard InChI is InChI=1S/C14H12N4O3/c1-17-7-9(6-15-17)8-18-13(19)11-5-3-2-4-10(11)12(16-18)14(20)21/h2-7H,8H2,1H3,(H,20,21). The second kappa shape index (κ2) is 4.86. The van der Waals surface area contributed by atoms with Gasteiger partial charge in [0.05, 0.1) is 18.1 Å². The highest BCUT2D eigenvalue weighted by Gasteiger charge is 2.15. The Bertz CT molecular complexity index is 895. The van der Waals surface area contributed by atoms with E-state index in [1.54, 1.807) is 48.4 Å². The summed E-state index contributed by atoms with van der Waals surface area (Å²) in [5.74, 6) is -1.16. The van der Waals surface area contributed by atoms with E-state index in [9.17, 15) is 14.7 Å². The van der Waals surface area contributed by atoms with Crippen molar-refractivity contribution in [2.75, 3.05) is 0 Å². The van der Waals surface area contributed by atoms with Crippen molar-refractivity contribution in [1.29, 1.82) is 0 Å². The molecule has 0 unspecified atom stereocenters. The predicted molar refractivity (Wildman–Crippen MR) is 75.3 cm³/mol. The molecule has 0 spiro atoms. The first-order valence-corrected chi connectivity index (χ1v) is 6.27. The van der Waals surface area contributed by atoms with Gasteiger partial charge in [-0.25, -0.2) is 9.48 Å². The summed E-state index contributed by atoms with van der Waals surface area (Å²) in [5, 5.41) is 18.0. The number of carboxylic acid groups (broad SMARTS) is 1. The Kier molecular flexibility index (Phi) is 3.02. The number of benzene rings is 1. The lowest BCUT2D eigenvalue weighted by Gasteiger charge is -2.07. The minimum atomic E-state index is -1.16. The average molecular weight is 284 g/mol. The zero-order valence-corrected chi connectivity index (χ0v) is 11.2. The van der Waals surface area contributed by atoms with Gasteiger partial charge in [0.1, 0.15) is 0 Å². The molecule has 2 heterocycles. The van der Waals surface area contributed by atoms with Gasteiger partial charge in [-0.05, 0) is 6.07 Å². The predicted octanol–water partition coefficient (Wildman–Crippen LogP) is 0.876. The summed E-state index contributed by atoms with van der Waals surface area (Å²) < 4.78 is 2.77. The van der Waals surface area contributed by atoms with E-state index >= 15 is 0 Å². The number of carbonyl (C=O) groups is 1. The molecule has 3 rings (SSSR count). The van der Waals surface area contributed by atoms with Gasteiger partial charge in [0.15, 0.2) is 5.69 Å². The highest BCUT2D eigenvalue weighted by atomic mass is 16.4. The van der Waals surface area contributed by atoms with Crippen molar-refractivity contribution in [3.63, 3.8) is 0 Å². The third-order valence-corrected chi connectivity index (χ3v) is 3.16. The molecule has 0 amide bonds. The average Bonchev–Trinajstić information content (AvgIpc) is 2.87. The molecule has 0 bridgehead atoms. The molecule has 0 aliphatic carbocycles. The van der Waals surface area contributed by atoms with Crippen molar-refractivity contribution in [3.05, 3.63) is 58.3 Å². The zero-order valence-electron chi connectivity index (χ0n) is 11.2. The van der Waals surface area contributed by atoms with Crippen LogP contribution in [0.2, 0.25) is 0 Å². The van der Waals surface area contributed by atoms with Crippen LogP contribution in [0.25, 0.3) is 10.8 Å². The molecule has 106 valence electrons. The van der Waals surface area contributed by atoms with Crippen molar-refractivity contribution >= 4 is 16.7 Å². The minimum absolute atomic E-state index is 0.130. The third-order valence-electron chi connectivity index (χ3n) is 3.16. The monoisotopic (exact) mass is 284 g/mol. The van der Waals surface area contributed by atoms with E-state index < -0.39 is 5.97 Å². The van der Waals surface area contributed by atoms with E-state index in [-0.39, 0.29) is 17.8 Å². The van der Waals surface area contributed by atoms with Gasteiger partial charge in [-0.1, -0.05) is 18.2 Å². The van der Waals surface area contributed by atoms with Crippen LogP contribution in [-0.4, -0.2) is 30.6 Å². The lowest BCUT2D eigenvalue weighted by molar-refractivity contribution is 0.0690. The Balaban J connectivity index is 2.21. The Morgan fingerprint density at radius 2 is 2.00 bits per heavy atom. The van der Waals surface area contributed by atoms with Gasteiger partial charge in [-0.15, -0.1) is 0 Å². The molecule has 0 saturated heterocycles. The number of nitrogens with zero attached hydrogens (tertiary/aromatic N) is 4. The fraction of sp³-hybridized carbons (Fsp3) is 0.143. The van der Waals surface area contributed by atoms with Gasteiger partial charge in [0.25, 0.3) is 5.56 Å². The van der Waals surface area contributed by atoms with E-state index in [0.29, 0.717) is 10.8 Å². The number of hydrogen-bond acceptors (Lipinski definition) is 4. The maximum atomic E-state index is 12.4. The molecule has 3 aromatic rings. The molecule has 7 heteroatoms. The number of aryl methyl sites for hydroxylation is 1. The smallest absolute Gasteiger partial charge is 0.357 e. The Hall–Kier alpha value is -2.96. The number of fused-ring (bicyclic) bond motifs is 1. The largest absolute Gasteiger partial charge is 0.476 e. The van der Waals surface area contributed by atoms with Gasteiger partial charge >= 0.3 is 5.97 Å². The normalized spacial score (nSPS) is 10.9. The highest BCUT2D eigenvalue weighted by Crippen LogP contribution is 2.13. The molecule has 0 saturated carbocycles. The summed E-state index contributed by atoms with van der Waals surface area (Å²) >= 11 is 0. The van der Waals surface area contributed by atoms with Crippen LogP contribution in [0.3, 0.4) is 0 Å². The molecule has 21 heavy (non-hydrogen) atoms. The molecular weight excluding hydrogens is 272 g/mol. The summed E-state index contributed by atoms with van der Waals surface area (Å²) in [6, 6.07) is 6.57. The molecule has 0 atom stereocenters. The van der Waals surface area contributed by atoms with Gasteiger partial charge < -0.3 is 5.11 Å². The van der Waals surface area contributed by atoms with Crippen molar-refractivity contribution in [3.8, 4) is 0 Å². The first-order valence-electron chi connectivity index (χ1n) is 6.27. The molecule has 0 aliphatic heterocycles. The second-order valence-electron chi connectivity index (χ2n) is 4.68. The third kappa shape index (κ3) is 2.29. The van der Waals surface area contributed by atoms with Crippen LogP contribution < -0.4 is 5.56 Å². The van der Waals surface area contributed by atoms with Crippen LogP contribution >= 0.6 is 0 Å². The first-order chi connectivity index (χ1) is 10.1. The summed E-state index contributed by atoms with van der Waals surface area (Å²) in [6.07, 6.45) is 3.37. The Morgan fingerprint density at radius 1 is 1.29 bits per heavy atom. The van der Waals surface area contributed by atoms with E-state index in [1.807, 2.05) is 0 Å². The summed E-state index contributed by atoms with van der Waals surface area (Å²) in [6.45, 7) is 0.178. The van der Waals surface area contributed by atoms with E-state index in [4.69, 9.17) is 0 Å². The fourth-order valence-corrected chi connectivity index (χ4v) is 2.23. The lowest BCUT2D eigenvalue weighted by atomic mass is 10.1. The van der Waals surface area contributed by atoms with Crippen molar-refractivity contribution in [1.82, 2.24) is 19.6 Å². The maximum Gasteiger partial charge on any atom is 0.357 e. The van der Waals surface area contributed by atoms with E-state index in [2.05, 4.69) is 10.2 Å². The minimum Gasteiger partial charge on any atom is -0.476 e. The lowest BCUT2D eigenvalue weighted by Crippen LogP contribution is -2.26. The van der Waals surface area contributed by atoms with Crippen LogP contribution in [0.1, 0.15) is 16.1 Å².